The molecule has 0 atom stereocenters. The summed E-state index contributed by atoms with van der Waals surface area (Å²) in [6.45, 7) is 0.945. The molecule has 2 aromatic heterocycles. The summed E-state index contributed by atoms with van der Waals surface area (Å²) in [7, 11) is 0. The van der Waals surface area contributed by atoms with Crippen molar-refractivity contribution in [3.05, 3.63) is 66.7 Å². The Hall–Kier alpha value is -2.82. The molecule has 23 heavy (non-hydrogen) atoms. The van der Waals surface area contributed by atoms with Gasteiger partial charge in [0.15, 0.2) is 0 Å². The van der Waals surface area contributed by atoms with Crippen molar-refractivity contribution in [2.75, 3.05) is 13.2 Å². The van der Waals surface area contributed by atoms with E-state index < -0.39 is 0 Å². The van der Waals surface area contributed by atoms with Gasteiger partial charge >= 0.3 is 0 Å². The van der Waals surface area contributed by atoms with Gasteiger partial charge in [0.05, 0.1) is 24.7 Å². The van der Waals surface area contributed by atoms with Gasteiger partial charge in [-0.2, -0.15) is 0 Å². The molecule has 0 fully saturated rings. The zero-order valence-corrected chi connectivity index (χ0v) is 12.8. The van der Waals surface area contributed by atoms with Gasteiger partial charge in [0.25, 0.3) is 0 Å². The van der Waals surface area contributed by atoms with E-state index >= 15 is 0 Å². The molecule has 0 bridgehead atoms. The zero-order valence-electron chi connectivity index (χ0n) is 12.8. The van der Waals surface area contributed by atoms with Gasteiger partial charge in [-0.1, -0.05) is 24.3 Å². The van der Waals surface area contributed by atoms with Gasteiger partial charge in [-0.05, 0) is 24.3 Å². The molecule has 2 heterocycles. The number of rotatable bonds is 7. The molecule has 1 amide bonds. The molecule has 0 spiro atoms. The Morgan fingerprint density at radius 2 is 1.96 bits per heavy atom. The Balaban J connectivity index is 1.39. The highest BCUT2D eigenvalue weighted by molar-refractivity contribution is 5.75. The molecule has 3 rings (SSSR count). The number of benzene rings is 1. The molecule has 0 aliphatic carbocycles. The van der Waals surface area contributed by atoms with Crippen LogP contribution in [-0.2, 0) is 11.2 Å². The highest BCUT2D eigenvalue weighted by atomic mass is 16.5. The van der Waals surface area contributed by atoms with Crippen molar-refractivity contribution >= 4 is 11.4 Å². The Labute approximate surface area is 134 Å². The summed E-state index contributed by atoms with van der Waals surface area (Å²) < 4.78 is 7.54. The molecule has 0 radical (unpaired) electrons. The summed E-state index contributed by atoms with van der Waals surface area (Å²) in [4.78, 5) is 16.2. The van der Waals surface area contributed by atoms with Crippen LogP contribution in [0, 0.1) is 0 Å². The largest absolute Gasteiger partial charge is 0.493 e. The first kappa shape index (κ1) is 15.1. The molecular weight excluding hydrogens is 290 g/mol. The lowest BCUT2D eigenvalue weighted by molar-refractivity contribution is -0.121. The number of nitrogens with zero attached hydrogens (tertiary/aromatic N) is 2. The third-order valence-electron chi connectivity index (χ3n) is 3.53. The molecule has 5 heteroatoms. The summed E-state index contributed by atoms with van der Waals surface area (Å²) >= 11 is 0. The number of carbonyl (C=O) groups excluding carboxylic acids is 1. The second kappa shape index (κ2) is 7.45. The van der Waals surface area contributed by atoms with Crippen LogP contribution >= 0.6 is 0 Å². The fourth-order valence-electron chi connectivity index (χ4n) is 2.36. The van der Waals surface area contributed by atoms with Crippen molar-refractivity contribution in [2.24, 2.45) is 0 Å². The molecule has 3 aromatic rings. The summed E-state index contributed by atoms with van der Waals surface area (Å²) in [5.41, 5.74) is 1.06. The standard InChI is InChI=1S/C18H19N3O2/c22-18(10-13-23-16-7-2-1-3-8-16)19-11-9-17-20-14-15-6-4-5-12-21(15)17/h1-8,12,14H,9-11,13H2,(H,19,22). The second-order valence-corrected chi connectivity index (χ2v) is 5.18. The maximum atomic E-state index is 11.8. The highest BCUT2D eigenvalue weighted by Crippen LogP contribution is 2.08. The molecule has 0 saturated carbocycles. The fourth-order valence-corrected chi connectivity index (χ4v) is 2.36. The lowest BCUT2D eigenvalue weighted by Gasteiger charge is -2.07. The van der Waals surface area contributed by atoms with E-state index in [0.717, 1.165) is 17.1 Å². The molecule has 0 aliphatic heterocycles. The third kappa shape index (κ3) is 4.10. The summed E-state index contributed by atoms with van der Waals surface area (Å²) in [6, 6.07) is 15.5. The first-order chi connectivity index (χ1) is 11.3. The normalized spacial score (nSPS) is 10.6. The quantitative estimate of drug-likeness (QED) is 0.729. The van der Waals surface area contributed by atoms with Crippen molar-refractivity contribution in [1.29, 1.82) is 0 Å². The van der Waals surface area contributed by atoms with Crippen molar-refractivity contribution in [3.8, 4) is 5.75 Å². The van der Waals surface area contributed by atoms with Crippen LogP contribution in [0.4, 0.5) is 0 Å². The Morgan fingerprint density at radius 1 is 1.13 bits per heavy atom. The first-order valence-corrected chi connectivity index (χ1v) is 7.68. The molecular formula is C18H19N3O2. The topological polar surface area (TPSA) is 55.6 Å². The number of hydrogen-bond donors (Lipinski definition) is 1. The first-order valence-electron chi connectivity index (χ1n) is 7.68. The number of hydrogen-bond acceptors (Lipinski definition) is 3. The van der Waals surface area contributed by atoms with Crippen LogP contribution in [0.1, 0.15) is 12.2 Å². The van der Waals surface area contributed by atoms with Crippen molar-refractivity contribution in [3.63, 3.8) is 0 Å². The minimum Gasteiger partial charge on any atom is -0.493 e. The van der Waals surface area contributed by atoms with Crippen LogP contribution in [0.5, 0.6) is 5.75 Å². The summed E-state index contributed by atoms with van der Waals surface area (Å²) in [6.07, 6.45) is 4.86. The maximum absolute atomic E-state index is 11.8. The molecule has 5 nitrogen and oxygen atoms in total. The zero-order chi connectivity index (χ0) is 15.9. The average molecular weight is 309 g/mol. The monoisotopic (exact) mass is 309 g/mol. The molecule has 0 unspecified atom stereocenters. The molecule has 1 N–H and O–H groups in total. The number of nitrogens with one attached hydrogen (secondary N) is 1. The maximum Gasteiger partial charge on any atom is 0.223 e. The van der Waals surface area contributed by atoms with Gasteiger partial charge in [0.2, 0.25) is 5.91 Å². The minimum absolute atomic E-state index is 0.0122. The number of carbonyl (C=O) groups is 1. The van der Waals surface area contributed by atoms with Crippen molar-refractivity contribution < 1.29 is 9.53 Å². The second-order valence-electron chi connectivity index (χ2n) is 5.18. The van der Waals surface area contributed by atoms with Gasteiger partial charge in [0.1, 0.15) is 11.6 Å². The van der Waals surface area contributed by atoms with Crippen molar-refractivity contribution in [1.82, 2.24) is 14.7 Å². The highest BCUT2D eigenvalue weighted by Gasteiger charge is 2.05. The number of amides is 1. The number of pyridine rings is 1. The number of para-hydroxylation sites is 1. The van der Waals surface area contributed by atoms with Gasteiger partial charge in [-0.25, -0.2) is 4.98 Å². The van der Waals surface area contributed by atoms with E-state index in [1.165, 1.54) is 0 Å². The molecule has 0 saturated heterocycles. The van der Waals surface area contributed by atoms with E-state index in [-0.39, 0.29) is 5.91 Å². The van der Waals surface area contributed by atoms with Crippen LogP contribution < -0.4 is 10.1 Å². The van der Waals surface area contributed by atoms with Crippen LogP contribution in [-0.4, -0.2) is 28.4 Å². The predicted molar refractivity (Wildman–Crippen MR) is 88.5 cm³/mol. The lowest BCUT2D eigenvalue weighted by atomic mass is 10.3. The van der Waals surface area contributed by atoms with E-state index in [0.29, 0.717) is 26.0 Å². The van der Waals surface area contributed by atoms with Crippen molar-refractivity contribution in [2.45, 2.75) is 12.8 Å². The SMILES string of the molecule is O=C(CCOc1ccccc1)NCCc1ncc2ccccn12. The Morgan fingerprint density at radius 3 is 2.83 bits per heavy atom. The summed E-state index contributed by atoms with van der Waals surface area (Å²) in [5, 5.41) is 2.90. The van der Waals surface area contributed by atoms with Gasteiger partial charge in [-0.3, -0.25) is 4.79 Å². The molecule has 0 aliphatic rings. The van der Waals surface area contributed by atoms with E-state index in [9.17, 15) is 4.79 Å². The molecule has 118 valence electrons. The number of fused-ring (bicyclic) bond motifs is 1. The molecule has 1 aromatic carbocycles. The summed E-state index contributed by atoms with van der Waals surface area (Å²) in [5.74, 6) is 1.72. The van der Waals surface area contributed by atoms with E-state index in [1.54, 1.807) is 0 Å². The third-order valence-corrected chi connectivity index (χ3v) is 3.53. The number of imidazole rings is 1. The minimum atomic E-state index is -0.0122. The van der Waals surface area contributed by atoms with E-state index in [1.807, 2.05) is 65.3 Å². The van der Waals surface area contributed by atoms with Crippen LogP contribution in [0.15, 0.2) is 60.9 Å². The number of aromatic nitrogens is 2. The van der Waals surface area contributed by atoms with Crippen LogP contribution in [0.3, 0.4) is 0 Å². The Kier molecular flexibility index (Phi) is 4.88. The van der Waals surface area contributed by atoms with Gasteiger partial charge in [0, 0.05) is 19.2 Å². The Bertz CT molecular complexity index is 768. The van der Waals surface area contributed by atoms with Gasteiger partial charge in [-0.15, -0.1) is 0 Å². The predicted octanol–water partition coefficient (Wildman–Crippen LogP) is 2.46. The lowest BCUT2D eigenvalue weighted by Crippen LogP contribution is -2.27. The van der Waals surface area contributed by atoms with Crippen LogP contribution in [0.25, 0.3) is 5.52 Å². The van der Waals surface area contributed by atoms with Gasteiger partial charge < -0.3 is 14.5 Å². The smallest absolute Gasteiger partial charge is 0.223 e. The van der Waals surface area contributed by atoms with E-state index in [4.69, 9.17) is 4.74 Å². The average Bonchev–Trinajstić information content (AvgIpc) is 2.99. The fraction of sp³-hybridized carbons (Fsp3) is 0.222. The van der Waals surface area contributed by atoms with Crippen LogP contribution in [0.2, 0.25) is 0 Å². The van der Waals surface area contributed by atoms with E-state index in [2.05, 4.69) is 10.3 Å². The number of ether oxygens (including phenoxy) is 1.